The van der Waals surface area contributed by atoms with E-state index >= 15 is 0 Å². The molecule has 0 saturated heterocycles. The van der Waals surface area contributed by atoms with Crippen LogP contribution in [0.25, 0.3) is 0 Å². The number of benzene rings is 3. The van der Waals surface area contributed by atoms with Crippen LogP contribution < -0.4 is 15.9 Å². The van der Waals surface area contributed by atoms with Crippen molar-refractivity contribution in [1.29, 1.82) is 0 Å². The molecule has 1 aliphatic carbocycles. The monoisotopic (exact) mass is 472 g/mol. The number of hydrogen-bond acceptors (Lipinski definition) is 4. The van der Waals surface area contributed by atoms with Crippen molar-refractivity contribution in [3.8, 4) is 0 Å². The van der Waals surface area contributed by atoms with Crippen molar-refractivity contribution in [1.82, 2.24) is 0 Å². The Labute approximate surface area is 200 Å². The van der Waals surface area contributed by atoms with Crippen molar-refractivity contribution in [2.75, 3.05) is 6.61 Å². The summed E-state index contributed by atoms with van der Waals surface area (Å²) < 4.78 is 5.32. The first kappa shape index (κ1) is 23.9. The van der Waals surface area contributed by atoms with Gasteiger partial charge >= 0.3 is 5.97 Å². The number of ketones is 2. The highest BCUT2D eigenvalue weighted by molar-refractivity contribution is 7.95. The number of ether oxygens (including phenoxy) is 1. The quantitative estimate of drug-likeness (QED) is 0.296. The fraction of sp³-hybridized carbons (Fsp3) is 0.241. The van der Waals surface area contributed by atoms with E-state index in [-0.39, 0.29) is 25.2 Å². The standard InChI is InChI=1S/C29H29O4P/c1-2-33-28(32)29(21-13-12-20-26(29)30)27(31)22-34(23-14-6-3-7-15-23,24-16-8-4-9-17-24)25-18-10-5-11-19-25/h3-11,14-19,22H,2,12-13,20-21H2,1H3. The third-order valence-electron chi connectivity index (χ3n) is 6.53. The number of carbonyl (C=O) groups excluding carboxylic acids is 3. The minimum Gasteiger partial charge on any atom is -0.465 e. The molecule has 4 rings (SSSR count). The number of hydrogen-bond donors (Lipinski definition) is 0. The molecule has 4 nitrogen and oxygen atoms in total. The first-order valence-electron chi connectivity index (χ1n) is 11.7. The Kier molecular flexibility index (Phi) is 7.29. The van der Waals surface area contributed by atoms with Crippen molar-refractivity contribution in [2.45, 2.75) is 32.6 Å². The van der Waals surface area contributed by atoms with Crippen LogP contribution in [0.1, 0.15) is 32.6 Å². The second-order valence-electron chi connectivity index (χ2n) is 8.48. The Hall–Kier alpha value is -3.23. The van der Waals surface area contributed by atoms with Gasteiger partial charge in [0.05, 0.1) is 6.61 Å². The summed E-state index contributed by atoms with van der Waals surface area (Å²) in [6, 6.07) is 29.7. The number of rotatable bonds is 7. The van der Waals surface area contributed by atoms with Gasteiger partial charge in [-0.05, 0) is 48.4 Å². The van der Waals surface area contributed by atoms with Crippen molar-refractivity contribution >= 4 is 46.1 Å². The van der Waals surface area contributed by atoms with Crippen LogP contribution >= 0.6 is 6.89 Å². The first-order valence-corrected chi connectivity index (χ1v) is 13.6. The van der Waals surface area contributed by atoms with Gasteiger partial charge in [0, 0.05) is 6.42 Å². The summed E-state index contributed by atoms with van der Waals surface area (Å²) in [5.74, 6) is 0.215. The molecule has 0 radical (unpaired) electrons. The largest absolute Gasteiger partial charge is 0.465 e. The molecule has 0 bridgehead atoms. The molecule has 0 aliphatic heterocycles. The van der Waals surface area contributed by atoms with Gasteiger partial charge in [0.25, 0.3) is 0 Å². The maximum atomic E-state index is 14.2. The lowest BCUT2D eigenvalue weighted by Crippen LogP contribution is -2.50. The molecule has 0 aromatic heterocycles. The summed E-state index contributed by atoms with van der Waals surface area (Å²) >= 11 is 0. The second kappa shape index (κ2) is 10.4. The molecule has 0 heterocycles. The predicted molar refractivity (Wildman–Crippen MR) is 139 cm³/mol. The van der Waals surface area contributed by atoms with Crippen molar-refractivity contribution in [3.63, 3.8) is 0 Å². The average molecular weight is 473 g/mol. The van der Waals surface area contributed by atoms with Crippen molar-refractivity contribution < 1.29 is 19.1 Å². The Balaban J connectivity index is 2.06. The van der Waals surface area contributed by atoms with E-state index in [1.165, 1.54) is 0 Å². The third-order valence-corrected chi connectivity index (χ3v) is 10.5. The fourth-order valence-corrected chi connectivity index (χ4v) is 8.65. The van der Waals surface area contributed by atoms with Crippen LogP contribution in [0.15, 0.2) is 91.0 Å². The summed E-state index contributed by atoms with van der Waals surface area (Å²) in [6.45, 7) is -0.819. The Morgan fingerprint density at radius 1 is 0.824 bits per heavy atom. The van der Waals surface area contributed by atoms with Gasteiger partial charge in [0.2, 0.25) is 0 Å². The average Bonchev–Trinajstić information content (AvgIpc) is 2.89. The second-order valence-corrected chi connectivity index (χ2v) is 11.7. The Morgan fingerprint density at radius 2 is 1.29 bits per heavy atom. The zero-order chi connectivity index (χ0) is 24.0. The highest BCUT2D eigenvalue weighted by Crippen LogP contribution is 2.46. The maximum Gasteiger partial charge on any atom is 0.327 e. The SMILES string of the molecule is CCOC(=O)C1(C(=O)C=P(c2ccccc2)(c2ccccc2)c2ccccc2)CCCCC1=O. The highest BCUT2D eigenvalue weighted by Gasteiger charge is 2.53. The topological polar surface area (TPSA) is 60.4 Å². The van der Waals surface area contributed by atoms with E-state index in [1.54, 1.807) is 12.7 Å². The molecule has 1 aliphatic rings. The van der Waals surface area contributed by atoms with E-state index < -0.39 is 24.1 Å². The van der Waals surface area contributed by atoms with E-state index in [0.717, 1.165) is 15.9 Å². The summed E-state index contributed by atoms with van der Waals surface area (Å²) in [7, 11) is 0. The minimum absolute atomic E-state index is 0.123. The van der Waals surface area contributed by atoms with Crippen LogP contribution in [0, 0.1) is 5.41 Å². The van der Waals surface area contributed by atoms with Crippen LogP contribution in [0.3, 0.4) is 0 Å². The van der Waals surface area contributed by atoms with Crippen LogP contribution in [0.2, 0.25) is 0 Å². The van der Waals surface area contributed by atoms with Gasteiger partial charge in [0.15, 0.2) is 17.0 Å². The molecule has 1 atom stereocenters. The molecule has 1 saturated carbocycles. The molecule has 174 valence electrons. The van der Waals surface area contributed by atoms with E-state index in [9.17, 15) is 14.4 Å². The summed E-state index contributed by atoms with van der Waals surface area (Å²) in [5, 5.41) is 2.97. The predicted octanol–water partition coefficient (Wildman–Crippen LogP) is 4.04. The zero-order valence-electron chi connectivity index (χ0n) is 19.4. The summed E-state index contributed by atoms with van der Waals surface area (Å²) in [6.07, 6.45) is 1.73. The minimum atomic E-state index is -2.64. The normalized spacial score (nSPS) is 18.2. The molecule has 0 spiro atoms. The smallest absolute Gasteiger partial charge is 0.327 e. The van der Waals surface area contributed by atoms with Gasteiger partial charge in [0.1, 0.15) is 0 Å². The fourth-order valence-electron chi connectivity index (χ4n) is 4.81. The highest BCUT2D eigenvalue weighted by atomic mass is 31.2. The summed E-state index contributed by atoms with van der Waals surface area (Å²) in [5.41, 5.74) is -1.77. The number of carbonyl (C=O) groups is 3. The molecule has 0 N–H and O–H groups in total. The molecule has 34 heavy (non-hydrogen) atoms. The van der Waals surface area contributed by atoms with Gasteiger partial charge in [-0.2, -0.15) is 0 Å². The number of esters is 1. The van der Waals surface area contributed by atoms with Crippen LogP contribution in [0.4, 0.5) is 0 Å². The Bertz CT molecular complexity index is 1120. The van der Waals surface area contributed by atoms with E-state index in [2.05, 4.69) is 0 Å². The van der Waals surface area contributed by atoms with E-state index in [4.69, 9.17) is 4.74 Å². The molecule has 3 aromatic rings. The van der Waals surface area contributed by atoms with Crippen LogP contribution in [-0.4, -0.2) is 29.9 Å². The first-order chi connectivity index (χ1) is 16.6. The van der Waals surface area contributed by atoms with Crippen LogP contribution in [0.5, 0.6) is 0 Å². The Morgan fingerprint density at radius 3 is 1.71 bits per heavy atom. The molecule has 0 amide bonds. The van der Waals surface area contributed by atoms with Gasteiger partial charge in [-0.15, -0.1) is 0 Å². The molecule has 5 heteroatoms. The van der Waals surface area contributed by atoms with E-state index in [0.29, 0.717) is 12.8 Å². The van der Waals surface area contributed by atoms with E-state index in [1.807, 2.05) is 91.0 Å². The van der Waals surface area contributed by atoms with Gasteiger partial charge in [-0.25, -0.2) is 0 Å². The summed E-state index contributed by atoms with van der Waals surface area (Å²) in [4.78, 5) is 40.7. The van der Waals surface area contributed by atoms with Gasteiger partial charge in [-0.1, -0.05) is 97.4 Å². The van der Waals surface area contributed by atoms with Gasteiger partial charge in [-0.3, -0.25) is 14.4 Å². The lowest BCUT2D eigenvalue weighted by atomic mass is 9.70. The van der Waals surface area contributed by atoms with Crippen LogP contribution in [-0.2, 0) is 19.1 Å². The molecule has 3 aromatic carbocycles. The van der Waals surface area contributed by atoms with Crippen molar-refractivity contribution in [2.24, 2.45) is 5.41 Å². The molecular formula is C29H29O4P. The lowest BCUT2D eigenvalue weighted by Gasteiger charge is -2.34. The van der Waals surface area contributed by atoms with Gasteiger partial charge < -0.3 is 4.74 Å². The lowest BCUT2D eigenvalue weighted by molar-refractivity contribution is -0.164. The third kappa shape index (κ3) is 4.19. The zero-order valence-corrected chi connectivity index (χ0v) is 20.2. The molecule has 1 fully saturated rings. The number of Topliss-reactive ketones (excluding diaryl/α,β-unsaturated/α-hetero) is 2. The molecular weight excluding hydrogens is 443 g/mol. The van der Waals surface area contributed by atoms with Crippen molar-refractivity contribution in [3.05, 3.63) is 91.0 Å². The molecule has 1 unspecified atom stereocenters. The maximum absolute atomic E-state index is 14.2.